The summed E-state index contributed by atoms with van der Waals surface area (Å²) in [5.41, 5.74) is 4.19. The molecule has 30 heavy (non-hydrogen) atoms. The van der Waals surface area contributed by atoms with Gasteiger partial charge in [-0.15, -0.1) is 0 Å². The highest BCUT2D eigenvalue weighted by Crippen LogP contribution is 2.38. The van der Waals surface area contributed by atoms with Crippen molar-refractivity contribution in [3.63, 3.8) is 0 Å². The van der Waals surface area contributed by atoms with Crippen molar-refractivity contribution in [3.05, 3.63) is 52.0 Å². The number of carbonyl (C=O) groups excluding carboxylic acids is 1. The minimum atomic E-state index is 0.00566. The zero-order chi connectivity index (χ0) is 21.1. The third kappa shape index (κ3) is 4.28. The van der Waals surface area contributed by atoms with Gasteiger partial charge in [-0.3, -0.25) is 9.69 Å². The number of ether oxygens (including phenoxy) is 2. The van der Waals surface area contributed by atoms with Crippen molar-refractivity contribution < 1.29 is 14.3 Å². The van der Waals surface area contributed by atoms with E-state index >= 15 is 0 Å². The number of nitrogens with one attached hydrogen (secondary N) is 1. The van der Waals surface area contributed by atoms with E-state index in [0.29, 0.717) is 24.8 Å². The summed E-state index contributed by atoms with van der Waals surface area (Å²) in [5.74, 6) is 1.60. The van der Waals surface area contributed by atoms with Crippen molar-refractivity contribution in [2.24, 2.45) is 0 Å². The predicted molar refractivity (Wildman–Crippen MR) is 120 cm³/mol. The Balaban J connectivity index is 1.49. The molecule has 2 aromatic carbocycles. The van der Waals surface area contributed by atoms with Crippen molar-refractivity contribution in [1.29, 1.82) is 0 Å². The molecule has 1 N–H and O–H groups in total. The summed E-state index contributed by atoms with van der Waals surface area (Å²) in [4.78, 5) is 15.2. The highest BCUT2D eigenvalue weighted by molar-refractivity contribution is 6.32. The summed E-state index contributed by atoms with van der Waals surface area (Å²) in [6.45, 7) is 6.59. The number of amides is 1. The maximum Gasteiger partial charge on any atom is 0.238 e. The SMILES string of the molecule is CCc1ccc(Cl)c(CC)c1NC(=O)CN1CCCC1c1ccc2c(c1)OCCO2. The van der Waals surface area contributed by atoms with Crippen LogP contribution in [0.1, 0.15) is 49.4 Å². The molecule has 0 spiro atoms. The van der Waals surface area contributed by atoms with Crippen LogP contribution < -0.4 is 14.8 Å². The zero-order valence-corrected chi connectivity index (χ0v) is 18.4. The molecule has 0 bridgehead atoms. The van der Waals surface area contributed by atoms with Gasteiger partial charge in [-0.2, -0.15) is 0 Å². The first-order chi connectivity index (χ1) is 14.6. The smallest absolute Gasteiger partial charge is 0.238 e. The van der Waals surface area contributed by atoms with Gasteiger partial charge in [0.2, 0.25) is 5.91 Å². The van der Waals surface area contributed by atoms with Crippen molar-refractivity contribution in [2.45, 2.75) is 45.6 Å². The first-order valence-electron chi connectivity index (χ1n) is 10.8. The van der Waals surface area contributed by atoms with Crippen LogP contribution >= 0.6 is 11.6 Å². The van der Waals surface area contributed by atoms with Crippen molar-refractivity contribution in [3.8, 4) is 11.5 Å². The van der Waals surface area contributed by atoms with Crippen LogP contribution in [-0.4, -0.2) is 37.1 Å². The minimum Gasteiger partial charge on any atom is -0.486 e. The molecule has 1 fully saturated rings. The maximum atomic E-state index is 13.0. The molecule has 0 aromatic heterocycles. The fourth-order valence-electron chi connectivity index (χ4n) is 4.49. The van der Waals surface area contributed by atoms with E-state index in [9.17, 15) is 4.79 Å². The standard InChI is InChI=1S/C24H29ClN2O3/c1-3-16-7-9-19(25)18(4-2)24(16)26-23(28)15-27-11-5-6-20(27)17-8-10-21-22(14-17)30-13-12-29-21/h7-10,14,20H,3-6,11-13,15H2,1-2H3,(H,26,28). The molecule has 2 aromatic rings. The highest BCUT2D eigenvalue weighted by atomic mass is 35.5. The number of hydrogen-bond donors (Lipinski definition) is 1. The molecule has 0 saturated carbocycles. The number of benzene rings is 2. The molecule has 0 radical (unpaired) electrons. The lowest BCUT2D eigenvalue weighted by atomic mass is 10.0. The molecule has 5 nitrogen and oxygen atoms in total. The molecule has 1 unspecified atom stereocenters. The van der Waals surface area contributed by atoms with E-state index in [1.54, 1.807) is 0 Å². The quantitative estimate of drug-likeness (QED) is 0.702. The van der Waals surface area contributed by atoms with Crippen molar-refractivity contribution >= 4 is 23.2 Å². The lowest BCUT2D eigenvalue weighted by Gasteiger charge is -2.26. The van der Waals surface area contributed by atoms with Crippen molar-refractivity contribution in [2.75, 3.05) is 31.6 Å². The van der Waals surface area contributed by atoms with E-state index in [0.717, 1.165) is 60.5 Å². The number of rotatable bonds is 6. The lowest BCUT2D eigenvalue weighted by molar-refractivity contribution is -0.117. The van der Waals surface area contributed by atoms with Crippen LogP contribution in [0, 0.1) is 0 Å². The third-order valence-corrected chi connectivity index (χ3v) is 6.36. The zero-order valence-electron chi connectivity index (χ0n) is 17.7. The molecular weight excluding hydrogens is 400 g/mol. The van der Waals surface area contributed by atoms with Crippen LogP contribution in [0.2, 0.25) is 5.02 Å². The Morgan fingerprint density at radius 1 is 1.13 bits per heavy atom. The Morgan fingerprint density at radius 2 is 1.93 bits per heavy atom. The van der Waals surface area contributed by atoms with Crippen LogP contribution in [0.3, 0.4) is 0 Å². The van der Waals surface area contributed by atoms with E-state index in [4.69, 9.17) is 21.1 Å². The van der Waals surface area contributed by atoms with Gasteiger partial charge in [-0.1, -0.05) is 37.6 Å². The van der Waals surface area contributed by atoms with Crippen LogP contribution in [0.4, 0.5) is 5.69 Å². The van der Waals surface area contributed by atoms with Gasteiger partial charge in [0.25, 0.3) is 0 Å². The third-order valence-electron chi connectivity index (χ3n) is 6.00. The van der Waals surface area contributed by atoms with Crippen LogP contribution in [0.15, 0.2) is 30.3 Å². The molecule has 4 rings (SSSR count). The van der Waals surface area contributed by atoms with Gasteiger partial charge in [0.1, 0.15) is 13.2 Å². The summed E-state index contributed by atoms with van der Waals surface area (Å²) in [7, 11) is 0. The monoisotopic (exact) mass is 428 g/mol. The second kappa shape index (κ2) is 9.27. The van der Waals surface area contributed by atoms with Gasteiger partial charge in [0, 0.05) is 16.8 Å². The summed E-state index contributed by atoms with van der Waals surface area (Å²) in [6.07, 6.45) is 3.74. The number of nitrogens with zero attached hydrogens (tertiary/aromatic N) is 1. The molecule has 6 heteroatoms. The molecule has 1 atom stereocenters. The summed E-state index contributed by atoms with van der Waals surface area (Å²) >= 11 is 6.39. The number of aryl methyl sites for hydroxylation is 1. The molecule has 1 saturated heterocycles. The molecule has 2 aliphatic heterocycles. The molecule has 2 heterocycles. The molecule has 160 valence electrons. The average molecular weight is 429 g/mol. The Kier molecular flexibility index (Phi) is 6.49. The number of halogens is 1. The summed E-state index contributed by atoms with van der Waals surface area (Å²) in [5, 5.41) is 3.87. The second-order valence-corrected chi connectivity index (χ2v) is 8.25. The molecular formula is C24H29ClN2O3. The van der Waals surface area contributed by atoms with Gasteiger partial charge < -0.3 is 14.8 Å². The van der Waals surface area contributed by atoms with Crippen LogP contribution in [0.25, 0.3) is 0 Å². The number of carbonyl (C=O) groups is 1. The largest absolute Gasteiger partial charge is 0.486 e. The Morgan fingerprint density at radius 3 is 2.70 bits per heavy atom. The second-order valence-electron chi connectivity index (χ2n) is 7.85. The number of anilines is 1. The van der Waals surface area contributed by atoms with E-state index < -0.39 is 0 Å². The molecule has 1 amide bonds. The maximum absolute atomic E-state index is 13.0. The first kappa shape index (κ1) is 21.0. The summed E-state index contributed by atoms with van der Waals surface area (Å²) in [6, 6.07) is 10.3. The molecule has 2 aliphatic rings. The normalized spacial score (nSPS) is 18.4. The topological polar surface area (TPSA) is 50.8 Å². The van der Waals surface area contributed by atoms with Gasteiger partial charge in [0.05, 0.1) is 6.54 Å². The van der Waals surface area contributed by atoms with Gasteiger partial charge >= 0.3 is 0 Å². The summed E-state index contributed by atoms with van der Waals surface area (Å²) < 4.78 is 11.4. The number of likely N-dealkylation sites (tertiary alicyclic amines) is 1. The molecule has 0 aliphatic carbocycles. The van der Waals surface area contributed by atoms with E-state index in [-0.39, 0.29) is 11.9 Å². The lowest BCUT2D eigenvalue weighted by Crippen LogP contribution is -2.33. The average Bonchev–Trinajstić information content (AvgIpc) is 3.21. The van der Waals surface area contributed by atoms with E-state index in [1.165, 1.54) is 5.56 Å². The first-order valence-corrected chi connectivity index (χ1v) is 11.2. The van der Waals surface area contributed by atoms with Crippen molar-refractivity contribution in [1.82, 2.24) is 4.90 Å². The predicted octanol–water partition coefficient (Wildman–Crippen LogP) is 5.01. The fraction of sp³-hybridized carbons (Fsp3) is 0.458. The Labute approximate surface area is 183 Å². The number of hydrogen-bond acceptors (Lipinski definition) is 4. The highest BCUT2D eigenvalue weighted by Gasteiger charge is 2.29. The fourth-order valence-corrected chi connectivity index (χ4v) is 4.78. The van der Waals surface area contributed by atoms with Crippen LogP contribution in [0.5, 0.6) is 11.5 Å². The van der Waals surface area contributed by atoms with Crippen LogP contribution in [-0.2, 0) is 17.6 Å². The van der Waals surface area contributed by atoms with E-state index in [1.807, 2.05) is 18.2 Å². The van der Waals surface area contributed by atoms with Gasteiger partial charge in [0.15, 0.2) is 11.5 Å². The van der Waals surface area contributed by atoms with Gasteiger partial charge in [-0.25, -0.2) is 0 Å². The Hall–Kier alpha value is -2.24. The van der Waals surface area contributed by atoms with Gasteiger partial charge in [-0.05, 0) is 67.1 Å². The minimum absolute atomic E-state index is 0.00566. The number of fused-ring (bicyclic) bond motifs is 1. The Bertz CT molecular complexity index is 931. The van der Waals surface area contributed by atoms with E-state index in [2.05, 4.69) is 36.2 Å².